The SMILES string of the molecule is Cc1ccc(-c2cc(F)c(F)c(F)c2C(=O)O)cc1. The summed E-state index contributed by atoms with van der Waals surface area (Å²) in [7, 11) is 0. The Morgan fingerprint density at radius 2 is 1.63 bits per heavy atom. The lowest BCUT2D eigenvalue weighted by atomic mass is 9.98. The average molecular weight is 266 g/mol. The zero-order valence-corrected chi connectivity index (χ0v) is 9.88. The average Bonchev–Trinajstić information content (AvgIpc) is 2.36. The van der Waals surface area contributed by atoms with Gasteiger partial charge in [0.05, 0.1) is 0 Å². The van der Waals surface area contributed by atoms with Crippen LogP contribution in [-0.4, -0.2) is 11.1 Å². The first-order valence-corrected chi connectivity index (χ1v) is 5.39. The van der Waals surface area contributed by atoms with E-state index in [1.807, 2.05) is 6.92 Å². The lowest BCUT2D eigenvalue weighted by Crippen LogP contribution is -2.07. The molecule has 0 fully saturated rings. The van der Waals surface area contributed by atoms with Crippen LogP contribution in [0, 0.1) is 24.4 Å². The number of carbonyl (C=O) groups is 1. The minimum absolute atomic E-state index is 0.191. The zero-order valence-electron chi connectivity index (χ0n) is 9.88. The normalized spacial score (nSPS) is 10.5. The smallest absolute Gasteiger partial charge is 0.339 e. The Labute approximate surface area is 107 Å². The Morgan fingerprint density at radius 1 is 1.05 bits per heavy atom. The number of aryl methyl sites for hydroxylation is 1. The van der Waals surface area contributed by atoms with Crippen LogP contribution in [0.25, 0.3) is 11.1 Å². The van der Waals surface area contributed by atoms with Gasteiger partial charge >= 0.3 is 5.97 Å². The van der Waals surface area contributed by atoms with E-state index in [9.17, 15) is 18.0 Å². The molecule has 5 heteroatoms. The van der Waals surface area contributed by atoms with Crippen molar-refractivity contribution < 1.29 is 23.1 Å². The van der Waals surface area contributed by atoms with Gasteiger partial charge in [0, 0.05) is 5.56 Å². The number of halogens is 3. The third-order valence-corrected chi connectivity index (χ3v) is 2.74. The summed E-state index contributed by atoms with van der Waals surface area (Å²) in [6.45, 7) is 1.81. The van der Waals surface area contributed by atoms with Crippen LogP contribution in [0.2, 0.25) is 0 Å². The van der Waals surface area contributed by atoms with Gasteiger partial charge in [-0.05, 0) is 18.6 Å². The number of carboxylic acids is 1. The van der Waals surface area contributed by atoms with Crippen molar-refractivity contribution in [3.63, 3.8) is 0 Å². The van der Waals surface area contributed by atoms with E-state index in [4.69, 9.17) is 5.11 Å². The largest absolute Gasteiger partial charge is 0.478 e. The molecule has 0 aromatic heterocycles. The van der Waals surface area contributed by atoms with Gasteiger partial charge in [-0.15, -0.1) is 0 Å². The second-order valence-electron chi connectivity index (χ2n) is 4.08. The number of benzene rings is 2. The van der Waals surface area contributed by atoms with Crippen LogP contribution in [-0.2, 0) is 0 Å². The van der Waals surface area contributed by atoms with Crippen molar-refractivity contribution in [2.75, 3.05) is 0 Å². The highest BCUT2D eigenvalue weighted by Crippen LogP contribution is 2.29. The van der Waals surface area contributed by atoms with E-state index >= 15 is 0 Å². The van der Waals surface area contributed by atoms with Crippen molar-refractivity contribution in [2.45, 2.75) is 6.92 Å². The van der Waals surface area contributed by atoms with Crippen molar-refractivity contribution in [2.24, 2.45) is 0 Å². The monoisotopic (exact) mass is 266 g/mol. The van der Waals surface area contributed by atoms with Gasteiger partial charge in [0.25, 0.3) is 0 Å². The van der Waals surface area contributed by atoms with Gasteiger partial charge in [-0.25, -0.2) is 18.0 Å². The second kappa shape index (κ2) is 4.76. The van der Waals surface area contributed by atoms with Crippen molar-refractivity contribution in [1.29, 1.82) is 0 Å². The van der Waals surface area contributed by atoms with E-state index in [0.29, 0.717) is 11.6 Å². The fraction of sp³-hybridized carbons (Fsp3) is 0.0714. The first-order valence-electron chi connectivity index (χ1n) is 5.39. The van der Waals surface area contributed by atoms with Gasteiger partial charge < -0.3 is 5.11 Å². The fourth-order valence-corrected chi connectivity index (χ4v) is 1.76. The summed E-state index contributed by atoms with van der Waals surface area (Å²) in [6, 6.07) is 7.06. The topological polar surface area (TPSA) is 37.3 Å². The predicted octanol–water partition coefficient (Wildman–Crippen LogP) is 3.78. The lowest BCUT2D eigenvalue weighted by molar-refractivity contribution is 0.0691. The molecule has 0 unspecified atom stereocenters. The van der Waals surface area contributed by atoms with Crippen molar-refractivity contribution in [3.8, 4) is 11.1 Å². The summed E-state index contributed by atoms with van der Waals surface area (Å²) in [6.07, 6.45) is 0. The Hall–Kier alpha value is -2.30. The number of aromatic carboxylic acids is 1. The molecule has 0 aliphatic carbocycles. The Morgan fingerprint density at radius 3 is 2.16 bits per heavy atom. The summed E-state index contributed by atoms with van der Waals surface area (Å²) in [5.74, 6) is -6.54. The molecule has 2 rings (SSSR count). The first-order chi connectivity index (χ1) is 8.91. The molecule has 0 radical (unpaired) electrons. The second-order valence-corrected chi connectivity index (χ2v) is 4.08. The summed E-state index contributed by atoms with van der Waals surface area (Å²) in [4.78, 5) is 11.0. The third-order valence-electron chi connectivity index (χ3n) is 2.74. The fourth-order valence-electron chi connectivity index (χ4n) is 1.76. The minimum Gasteiger partial charge on any atom is -0.478 e. The Bertz CT molecular complexity index is 649. The van der Waals surface area contributed by atoms with E-state index in [1.165, 1.54) is 12.1 Å². The van der Waals surface area contributed by atoms with E-state index in [-0.39, 0.29) is 5.56 Å². The van der Waals surface area contributed by atoms with Gasteiger partial charge in [0.1, 0.15) is 5.56 Å². The van der Waals surface area contributed by atoms with Gasteiger partial charge in [-0.1, -0.05) is 29.8 Å². The lowest BCUT2D eigenvalue weighted by Gasteiger charge is -2.09. The molecule has 2 aromatic carbocycles. The van der Waals surface area contributed by atoms with Gasteiger partial charge in [0.15, 0.2) is 17.5 Å². The molecule has 0 aliphatic heterocycles. The van der Waals surface area contributed by atoms with Crippen LogP contribution in [0.15, 0.2) is 30.3 Å². The predicted molar refractivity (Wildman–Crippen MR) is 63.4 cm³/mol. The molecular formula is C14H9F3O2. The maximum atomic E-state index is 13.5. The molecule has 0 heterocycles. The molecule has 2 aromatic rings. The number of hydrogen-bond donors (Lipinski definition) is 1. The highest BCUT2D eigenvalue weighted by Gasteiger charge is 2.24. The molecule has 0 saturated heterocycles. The molecule has 1 N–H and O–H groups in total. The van der Waals surface area contributed by atoms with Crippen molar-refractivity contribution in [3.05, 3.63) is 58.9 Å². The van der Waals surface area contributed by atoms with Crippen LogP contribution in [0.5, 0.6) is 0 Å². The van der Waals surface area contributed by atoms with Gasteiger partial charge in [-0.2, -0.15) is 0 Å². The maximum Gasteiger partial charge on any atom is 0.339 e. The molecule has 0 bridgehead atoms. The highest BCUT2D eigenvalue weighted by atomic mass is 19.2. The molecular weight excluding hydrogens is 257 g/mol. The van der Waals surface area contributed by atoms with Crippen molar-refractivity contribution >= 4 is 5.97 Å². The Kier molecular flexibility index (Phi) is 3.29. The molecule has 0 atom stereocenters. The highest BCUT2D eigenvalue weighted by molar-refractivity contribution is 5.96. The van der Waals surface area contributed by atoms with E-state index < -0.39 is 29.0 Å². The quantitative estimate of drug-likeness (QED) is 0.840. The molecule has 0 aliphatic rings. The molecule has 2 nitrogen and oxygen atoms in total. The summed E-state index contributed by atoms with van der Waals surface area (Å²) in [5.41, 5.74) is 0.149. The van der Waals surface area contributed by atoms with Crippen molar-refractivity contribution in [1.82, 2.24) is 0 Å². The number of hydrogen-bond acceptors (Lipinski definition) is 1. The standard InChI is InChI=1S/C14H9F3O2/c1-7-2-4-8(5-3-7)9-6-10(15)12(16)13(17)11(9)14(18)19/h2-6H,1H3,(H,18,19). The molecule has 0 amide bonds. The maximum absolute atomic E-state index is 13.5. The summed E-state index contributed by atoms with van der Waals surface area (Å²) >= 11 is 0. The molecule has 0 spiro atoms. The minimum atomic E-state index is -1.78. The van der Waals surface area contributed by atoms with Crippen LogP contribution in [0.1, 0.15) is 15.9 Å². The van der Waals surface area contributed by atoms with Crippen LogP contribution in [0.4, 0.5) is 13.2 Å². The zero-order chi connectivity index (χ0) is 14.2. The molecule has 19 heavy (non-hydrogen) atoms. The van der Waals surface area contributed by atoms with E-state index in [2.05, 4.69) is 0 Å². The molecule has 0 saturated carbocycles. The van der Waals surface area contributed by atoms with E-state index in [1.54, 1.807) is 12.1 Å². The van der Waals surface area contributed by atoms with E-state index in [0.717, 1.165) is 5.56 Å². The van der Waals surface area contributed by atoms with Gasteiger partial charge in [-0.3, -0.25) is 0 Å². The summed E-state index contributed by atoms with van der Waals surface area (Å²) < 4.78 is 39.9. The Balaban J connectivity index is 2.75. The van der Waals surface area contributed by atoms with Crippen LogP contribution >= 0.6 is 0 Å². The summed E-state index contributed by atoms with van der Waals surface area (Å²) in [5, 5.41) is 8.95. The van der Waals surface area contributed by atoms with Crippen LogP contribution in [0.3, 0.4) is 0 Å². The van der Waals surface area contributed by atoms with Crippen LogP contribution < -0.4 is 0 Å². The molecule has 98 valence electrons. The van der Waals surface area contributed by atoms with Gasteiger partial charge in [0.2, 0.25) is 0 Å². The number of carboxylic acid groups (broad SMARTS) is 1. The number of rotatable bonds is 2. The first kappa shape index (κ1) is 13.1. The third kappa shape index (κ3) is 2.31.